The first-order chi connectivity index (χ1) is 16.7. The van der Waals surface area contributed by atoms with Crippen molar-refractivity contribution >= 4 is 34.0 Å². The summed E-state index contributed by atoms with van der Waals surface area (Å²) >= 11 is 6.65. The number of hydrogen-bond acceptors (Lipinski definition) is 7. The summed E-state index contributed by atoms with van der Waals surface area (Å²) in [5.74, 6) is 0.868. The maximum absolute atomic E-state index is 6.65. The molecule has 1 atom stereocenters. The molecule has 1 unspecified atom stereocenters. The minimum atomic E-state index is -0.0106. The third-order valence-electron chi connectivity index (χ3n) is 6.43. The van der Waals surface area contributed by atoms with Gasteiger partial charge in [-0.25, -0.2) is 9.97 Å². The van der Waals surface area contributed by atoms with Crippen LogP contribution in [0.3, 0.4) is 0 Å². The molecule has 2 aliphatic heterocycles. The normalized spacial score (nSPS) is 17.7. The third kappa shape index (κ3) is 3.81. The van der Waals surface area contributed by atoms with Gasteiger partial charge in [0.05, 0.1) is 41.4 Å². The first-order valence-electron chi connectivity index (χ1n) is 11.4. The first kappa shape index (κ1) is 21.1. The summed E-state index contributed by atoms with van der Waals surface area (Å²) in [7, 11) is 0. The lowest BCUT2D eigenvalue weighted by molar-refractivity contribution is 0.122. The molecule has 1 aromatic carbocycles. The van der Waals surface area contributed by atoms with Gasteiger partial charge in [-0.1, -0.05) is 11.6 Å². The lowest BCUT2D eigenvalue weighted by atomic mass is 10.0. The molecule has 8 heteroatoms. The van der Waals surface area contributed by atoms with Crippen molar-refractivity contribution in [1.82, 2.24) is 15.0 Å². The van der Waals surface area contributed by atoms with Crippen LogP contribution in [0.15, 0.2) is 54.9 Å². The second-order valence-electron chi connectivity index (χ2n) is 8.54. The van der Waals surface area contributed by atoms with Gasteiger partial charge in [-0.15, -0.1) is 0 Å². The Bertz CT molecular complexity index is 1370. The van der Waals surface area contributed by atoms with Gasteiger partial charge in [0.25, 0.3) is 0 Å². The Hall–Kier alpha value is -3.42. The van der Waals surface area contributed by atoms with E-state index in [1.54, 1.807) is 6.20 Å². The Morgan fingerprint density at radius 3 is 2.82 bits per heavy atom. The van der Waals surface area contributed by atoms with Crippen LogP contribution in [0.4, 0.5) is 11.4 Å². The van der Waals surface area contributed by atoms with Gasteiger partial charge in [0.15, 0.2) is 5.65 Å². The van der Waals surface area contributed by atoms with Gasteiger partial charge in [0.2, 0.25) is 0 Å². The molecule has 6 rings (SSSR count). The maximum atomic E-state index is 6.65. The Kier molecular flexibility index (Phi) is 5.43. The third-order valence-corrected chi connectivity index (χ3v) is 6.92. The zero-order valence-electron chi connectivity index (χ0n) is 18.8. The van der Waals surface area contributed by atoms with Crippen LogP contribution in [-0.4, -0.2) is 47.9 Å². The van der Waals surface area contributed by atoms with Crippen LogP contribution in [0, 0.1) is 6.92 Å². The van der Waals surface area contributed by atoms with Crippen LogP contribution < -0.4 is 15.0 Å². The largest absolute Gasteiger partial charge is 0.489 e. The van der Waals surface area contributed by atoms with Crippen molar-refractivity contribution in [3.05, 3.63) is 71.0 Å². The molecule has 4 aromatic rings. The SMILES string of the molecule is Cc1c(-c2cc(C3COc4ccc(N5CCOCC5)cc4N3)ccn2)nc2ncccc2c1Cl. The number of rotatable bonds is 3. The number of halogens is 1. The van der Waals surface area contributed by atoms with E-state index in [0.29, 0.717) is 17.3 Å². The van der Waals surface area contributed by atoms with Crippen LogP contribution >= 0.6 is 11.6 Å². The van der Waals surface area contributed by atoms with Crippen LogP contribution in [0.25, 0.3) is 22.4 Å². The van der Waals surface area contributed by atoms with E-state index in [0.717, 1.165) is 65.6 Å². The average molecular weight is 474 g/mol. The van der Waals surface area contributed by atoms with Gasteiger partial charge in [-0.05, 0) is 60.5 Å². The summed E-state index contributed by atoms with van der Waals surface area (Å²) in [4.78, 5) is 16.1. The molecule has 5 heterocycles. The van der Waals surface area contributed by atoms with Gasteiger partial charge < -0.3 is 19.7 Å². The van der Waals surface area contributed by atoms with E-state index in [-0.39, 0.29) is 6.04 Å². The highest BCUT2D eigenvalue weighted by atomic mass is 35.5. The predicted octanol–water partition coefficient (Wildman–Crippen LogP) is 5.04. The monoisotopic (exact) mass is 473 g/mol. The molecule has 0 amide bonds. The smallest absolute Gasteiger partial charge is 0.161 e. The highest BCUT2D eigenvalue weighted by Gasteiger charge is 2.23. The number of aromatic nitrogens is 3. The molecule has 1 N–H and O–H groups in total. The van der Waals surface area contributed by atoms with Crippen LogP contribution in [0.1, 0.15) is 17.2 Å². The molecule has 0 bridgehead atoms. The van der Waals surface area contributed by atoms with E-state index >= 15 is 0 Å². The van der Waals surface area contributed by atoms with E-state index in [4.69, 9.17) is 26.1 Å². The minimum Gasteiger partial charge on any atom is -0.489 e. The van der Waals surface area contributed by atoms with Crippen LogP contribution in [0.5, 0.6) is 5.75 Å². The number of hydrogen-bond donors (Lipinski definition) is 1. The lowest BCUT2D eigenvalue weighted by Gasteiger charge is -2.32. The summed E-state index contributed by atoms with van der Waals surface area (Å²) in [6.07, 6.45) is 3.53. The Morgan fingerprint density at radius 1 is 1.06 bits per heavy atom. The molecule has 2 aliphatic rings. The second kappa shape index (κ2) is 8.74. The lowest BCUT2D eigenvalue weighted by Crippen LogP contribution is -2.36. The highest BCUT2D eigenvalue weighted by molar-refractivity contribution is 6.36. The van der Waals surface area contributed by atoms with Crippen LogP contribution in [0.2, 0.25) is 5.02 Å². The quantitative estimate of drug-likeness (QED) is 0.447. The zero-order valence-corrected chi connectivity index (χ0v) is 19.5. The summed E-state index contributed by atoms with van der Waals surface area (Å²) in [6.45, 7) is 5.80. The molecule has 3 aromatic heterocycles. The van der Waals surface area contributed by atoms with Crippen molar-refractivity contribution in [3.63, 3.8) is 0 Å². The van der Waals surface area contributed by atoms with Crippen molar-refractivity contribution in [2.24, 2.45) is 0 Å². The summed E-state index contributed by atoms with van der Waals surface area (Å²) in [6, 6.07) is 14.2. The number of nitrogens with one attached hydrogen (secondary N) is 1. The minimum absolute atomic E-state index is 0.0106. The van der Waals surface area contributed by atoms with Crippen molar-refractivity contribution in [2.45, 2.75) is 13.0 Å². The van der Waals surface area contributed by atoms with Gasteiger partial charge in [-0.2, -0.15) is 0 Å². The fourth-order valence-corrected chi connectivity index (χ4v) is 4.79. The molecule has 34 heavy (non-hydrogen) atoms. The van der Waals surface area contributed by atoms with E-state index in [1.165, 1.54) is 5.69 Å². The van der Waals surface area contributed by atoms with Crippen molar-refractivity contribution < 1.29 is 9.47 Å². The Labute approximate surface area is 202 Å². The summed E-state index contributed by atoms with van der Waals surface area (Å²) in [5.41, 5.74) is 6.25. The van der Waals surface area contributed by atoms with E-state index < -0.39 is 0 Å². The molecule has 172 valence electrons. The molecule has 0 radical (unpaired) electrons. The Balaban J connectivity index is 1.31. The predicted molar refractivity (Wildman–Crippen MR) is 134 cm³/mol. The number of fused-ring (bicyclic) bond motifs is 2. The van der Waals surface area contributed by atoms with Crippen molar-refractivity contribution in [1.29, 1.82) is 0 Å². The molecular formula is C26H24ClN5O2. The molecule has 0 saturated carbocycles. The van der Waals surface area contributed by atoms with Crippen molar-refractivity contribution in [2.75, 3.05) is 43.1 Å². The number of nitrogens with zero attached hydrogens (tertiary/aromatic N) is 4. The van der Waals surface area contributed by atoms with Gasteiger partial charge in [0, 0.05) is 36.6 Å². The number of pyridine rings is 3. The van der Waals surface area contributed by atoms with Gasteiger partial charge >= 0.3 is 0 Å². The van der Waals surface area contributed by atoms with Crippen LogP contribution in [-0.2, 0) is 4.74 Å². The standard InChI is InChI=1S/C26H24ClN5O2/c1-16-24(27)19-3-2-7-29-26(19)31-25(16)21-13-17(6-8-28-21)22-15-34-23-5-4-18(14-20(23)30-22)32-9-11-33-12-10-32/h2-8,13-14,22,30H,9-12,15H2,1H3. The molecule has 7 nitrogen and oxygen atoms in total. The van der Waals surface area contributed by atoms with Gasteiger partial charge in [-0.3, -0.25) is 4.98 Å². The average Bonchev–Trinajstić information content (AvgIpc) is 2.90. The number of anilines is 2. The molecular weight excluding hydrogens is 450 g/mol. The molecule has 1 fully saturated rings. The number of morpholine rings is 1. The summed E-state index contributed by atoms with van der Waals surface area (Å²) in [5, 5.41) is 5.16. The fourth-order valence-electron chi connectivity index (χ4n) is 4.55. The first-order valence-corrected chi connectivity index (χ1v) is 11.8. The highest BCUT2D eigenvalue weighted by Crippen LogP contribution is 2.38. The maximum Gasteiger partial charge on any atom is 0.161 e. The van der Waals surface area contributed by atoms with E-state index in [1.807, 2.05) is 37.4 Å². The van der Waals surface area contributed by atoms with Crippen molar-refractivity contribution in [3.8, 4) is 17.1 Å². The fraction of sp³-hybridized carbons (Fsp3) is 0.269. The topological polar surface area (TPSA) is 72.4 Å². The van der Waals surface area contributed by atoms with Gasteiger partial charge in [0.1, 0.15) is 12.4 Å². The zero-order chi connectivity index (χ0) is 23.1. The molecule has 0 spiro atoms. The molecule has 1 saturated heterocycles. The number of benzene rings is 1. The Morgan fingerprint density at radius 2 is 1.94 bits per heavy atom. The van der Waals surface area contributed by atoms with E-state index in [9.17, 15) is 0 Å². The molecule has 0 aliphatic carbocycles. The van der Waals surface area contributed by atoms with E-state index in [2.05, 4.69) is 38.4 Å². The summed E-state index contributed by atoms with van der Waals surface area (Å²) < 4.78 is 11.6. The second-order valence-corrected chi connectivity index (χ2v) is 8.91. The number of ether oxygens (including phenoxy) is 2.